The van der Waals surface area contributed by atoms with E-state index in [0.29, 0.717) is 0 Å². The molecule has 0 aliphatic heterocycles. The SMILES string of the molecule is CC(=O)OC(=O)c1ccccc1O.[K]. The van der Waals surface area contributed by atoms with Gasteiger partial charge in [0, 0.05) is 58.3 Å². The average Bonchev–Trinajstić information content (AvgIpc) is 2.03. The molecule has 0 aromatic heterocycles. The zero-order valence-electron chi connectivity index (χ0n) is 7.98. The van der Waals surface area contributed by atoms with Crippen LogP contribution in [0.3, 0.4) is 0 Å². The predicted octanol–water partition coefficient (Wildman–Crippen LogP) is 0.715. The molecule has 0 unspecified atom stereocenters. The Balaban J connectivity index is 0.00000169. The molecule has 1 aromatic rings. The van der Waals surface area contributed by atoms with Crippen molar-refractivity contribution in [2.75, 3.05) is 0 Å². The molecule has 1 radical (unpaired) electrons. The van der Waals surface area contributed by atoms with Crippen molar-refractivity contribution in [1.29, 1.82) is 0 Å². The van der Waals surface area contributed by atoms with Gasteiger partial charge in [0.05, 0.1) is 0 Å². The van der Waals surface area contributed by atoms with Crippen molar-refractivity contribution in [3.05, 3.63) is 29.8 Å². The molecule has 0 bridgehead atoms. The van der Waals surface area contributed by atoms with E-state index < -0.39 is 11.9 Å². The molecule has 0 spiro atoms. The van der Waals surface area contributed by atoms with E-state index in [1.54, 1.807) is 12.1 Å². The van der Waals surface area contributed by atoms with Crippen molar-refractivity contribution >= 4 is 63.3 Å². The minimum absolute atomic E-state index is 0. The Kier molecular flexibility index (Phi) is 6.22. The first-order valence-electron chi connectivity index (χ1n) is 3.62. The topological polar surface area (TPSA) is 63.6 Å². The molecule has 0 heterocycles. The third-order valence-corrected chi connectivity index (χ3v) is 1.36. The first-order valence-corrected chi connectivity index (χ1v) is 3.62. The van der Waals surface area contributed by atoms with E-state index >= 15 is 0 Å². The number of phenols is 1. The molecule has 4 nitrogen and oxygen atoms in total. The quantitative estimate of drug-likeness (QED) is 0.429. The van der Waals surface area contributed by atoms with Gasteiger partial charge in [0.25, 0.3) is 0 Å². The van der Waals surface area contributed by atoms with Crippen molar-refractivity contribution in [3.63, 3.8) is 0 Å². The molecular weight excluding hydrogens is 211 g/mol. The number of aromatic hydroxyl groups is 1. The van der Waals surface area contributed by atoms with E-state index in [1.165, 1.54) is 12.1 Å². The summed E-state index contributed by atoms with van der Waals surface area (Å²) in [5, 5.41) is 9.18. The molecular formula is C9H8KO4. The number of phenolic OH excluding ortho intramolecular Hbond substituents is 1. The first kappa shape index (κ1) is 13.8. The second-order valence-corrected chi connectivity index (χ2v) is 2.40. The van der Waals surface area contributed by atoms with Crippen LogP contribution in [-0.4, -0.2) is 68.4 Å². The van der Waals surface area contributed by atoms with Crippen LogP contribution in [0.4, 0.5) is 0 Å². The number of esters is 2. The van der Waals surface area contributed by atoms with Gasteiger partial charge >= 0.3 is 11.9 Å². The Morgan fingerprint density at radius 2 is 1.86 bits per heavy atom. The van der Waals surface area contributed by atoms with Crippen LogP contribution in [0, 0.1) is 0 Å². The predicted molar refractivity (Wildman–Crippen MR) is 50.0 cm³/mol. The summed E-state index contributed by atoms with van der Waals surface area (Å²) in [6.07, 6.45) is 0. The summed E-state index contributed by atoms with van der Waals surface area (Å²) in [4.78, 5) is 21.5. The number of benzene rings is 1. The number of hydrogen-bond acceptors (Lipinski definition) is 4. The number of rotatable bonds is 1. The van der Waals surface area contributed by atoms with E-state index in [1.807, 2.05) is 0 Å². The Labute approximate surface area is 124 Å². The van der Waals surface area contributed by atoms with Crippen molar-refractivity contribution in [3.8, 4) is 5.75 Å². The first-order chi connectivity index (χ1) is 6.11. The molecule has 0 saturated heterocycles. The van der Waals surface area contributed by atoms with Gasteiger partial charge in [0.15, 0.2) is 0 Å². The summed E-state index contributed by atoms with van der Waals surface area (Å²) in [5.41, 5.74) is -0.0160. The van der Waals surface area contributed by atoms with Crippen LogP contribution < -0.4 is 0 Å². The van der Waals surface area contributed by atoms with Crippen LogP contribution in [0.15, 0.2) is 24.3 Å². The van der Waals surface area contributed by atoms with Crippen LogP contribution in [0.1, 0.15) is 17.3 Å². The van der Waals surface area contributed by atoms with Crippen LogP contribution in [0.25, 0.3) is 0 Å². The number of carbonyl (C=O) groups is 2. The maximum Gasteiger partial charge on any atom is 0.349 e. The smallest absolute Gasteiger partial charge is 0.349 e. The van der Waals surface area contributed by atoms with E-state index in [2.05, 4.69) is 4.74 Å². The van der Waals surface area contributed by atoms with Crippen molar-refractivity contribution in [1.82, 2.24) is 0 Å². The van der Waals surface area contributed by atoms with Crippen LogP contribution >= 0.6 is 0 Å². The van der Waals surface area contributed by atoms with E-state index in [9.17, 15) is 14.7 Å². The van der Waals surface area contributed by atoms with Gasteiger partial charge in [-0.15, -0.1) is 0 Å². The van der Waals surface area contributed by atoms with Gasteiger partial charge in [-0.1, -0.05) is 12.1 Å². The van der Waals surface area contributed by atoms with Crippen molar-refractivity contribution < 1.29 is 19.4 Å². The molecule has 5 heteroatoms. The minimum atomic E-state index is -0.842. The van der Waals surface area contributed by atoms with Gasteiger partial charge in [0.2, 0.25) is 0 Å². The zero-order chi connectivity index (χ0) is 9.84. The van der Waals surface area contributed by atoms with Crippen molar-refractivity contribution in [2.45, 2.75) is 6.92 Å². The van der Waals surface area contributed by atoms with Gasteiger partial charge in [0.1, 0.15) is 11.3 Å². The molecule has 1 aromatic carbocycles. The molecule has 0 atom stereocenters. The summed E-state index contributed by atoms with van der Waals surface area (Å²) < 4.78 is 4.28. The van der Waals surface area contributed by atoms with Gasteiger partial charge in [-0.05, 0) is 12.1 Å². The molecule has 14 heavy (non-hydrogen) atoms. The summed E-state index contributed by atoms with van der Waals surface area (Å²) in [6, 6.07) is 5.85. The molecule has 0 fully saturated rings. The molecule has 0 aliphatic carbocycles. The van der Waals surface area contributed by atoms with E-state index in [4.69, 9.17) is 0 Å². The summed E-state index contributed by atoms with van der Waals surface area (Å²) >= 11 is 0. The molecule has 0 aliphatic rings. The van der Waals surface area contributed by atoms with Crippen LogP contribution in [0.2, 0.25) is 0 Å². The second kappa shape index (κ2) is 6.31. The molecule has 1 rings (SSSR count). The fourth-order valence-corrected chi connectivity index (χ4v) is 0.832. The molecule has 1 N–H and O–H groups in total. The normalized spacial score (nSPS) is 8.64. The summed E-state index contributed by atoms with van der Waals surface area (Å²) in [5.74, 6) is -1.74. The number of ether oxygens (including phenoxy) is 1. The summed E-state index contributed by atoms with van der Waals surface area (Å²) in [7, 11) is 0. The molecule has 0 saturated carbocycles. The van der Waals surface area contributed by atoms with Gasteiger partial charge in [-0.3, -0.25) is 4.79 Å². The fourth-order valence-electron chi connectivity index (χ4n) is 0.832. The van der Waals surface area contributed by atoms with Crippen LogP contribution in [-0.2, 0) is 9.53 Å². The standard InChI is InChI=1S/C9H8O4.K/c1-6(10)13-9(12)7-4-2-3-5-8(7)11;/h2-5,11H,1H3;. The van der Waals surface area contributed by atoms with Crippen molar-refractivity contribution in [2.24, 2.45) is 0 Å². The fraction of sp³-hybridized carbons (Fsp3) is 0.111. The Hall–Kier alpha value is -0.204. The number of hydrogen-bond donors (Lipinski definition) is 1. The van der Waals surface area contributed by atoms with Crippen LogP contribution in [0.5, 0.6) is 5.75 Å². The van der Waals surface area contributed by atoms with Gasteiger partial charge in [-0.25, -0.2) is 4.79 Å². The molecule has 0 amide bonds. The number of para-hydroxylation sites is 1. The van der Waals surface area contributed by atoms with E-state index in [0.717, 1.165) is 6.92 Å². The Morgan fingerprint density at radius 3 is 2.36 bits per heavy atom. The third kappa shape index (κ3) is 3.89. The second-order valence-electron chi connectivity index (χ2n) is 2.40. The Morgan fingerprint density at radius 1 is 1.29 bits per heavy atom. The van der Waals surface area contributed by atoms with Gasteiger partial charge in [-0.2, -0.15) is 0 Å². The summed E-state index contributed by atoms with van der Waals surface area (Å²) in [6.45, 7) is 1.12. The van der Waals surface area contributed by atoms with E-state index in [-0.39, 0.29) is 62.7 Å². The molecule has 69 valence electrons. The monoisotopic (exact) mass is 219 g/mol. The zero-order valence-corrected chi connectivity index (χ0v) is 11.1. The minimum Gasteiger partial charge on any atom is -0.507 e. The Bertz CT molecular complexity index is 348. The maximum absolute atomic E-state index is 11.1. The maximum atomic E-state index is 11.1. The number of carbonyl (C=O) groups excluding carboxylic acids is 2. The largest absolute Gasteiger partial charge is 0.507 e. The average molecular weight is 219 g/mol. The third-order valence-electron chi connectivity index (χ3n) is 1.36. The van der Waals surface area contributed by atoms with Gasteiger partial charge < -0.3 is 9.84 Å².